The number of benzene rings is 3. The summed E-state index contributed by atoms with van der Waals surface area (Å²) in [6.07, 6.45) is 2.25. The fraction of sp³-hybridized carbons (Fsp3) is 0.0909. The summed E-state index contributed by atoms with van der Waals surface area (Å²) in [5, 5.41) is 3.51. The van der Waals surface area contributed by atoms with Crippen molar-refractivity contribution in [2.75, 3.05) is 11.9 Å². The highest BCUT2D eigenvalue weighted by atomic mass is 79.9. The lowest BCUT2D eigenvalue weighted by Gasteiger charge is -2.12. The second-order valence-corrected chi connectivity index (χ2v) is 6.72. The zero-order valence-electron chi connectivity index (χ0n) is 13.7. The molecular formula is C22H20BrN. The average molecular weight is 378 g/mol. The van der Waals surface area contributed by atoms with Crippen molar-refractivity contribution in [2.24, 2.45) is 0 Å². The molecular weight excluding hydrogens is 358 g/mol. The molecule has 2 heteroatoms. The number of nitrogens with one attached hydrogen (secondary N) is 1. The van der Waals surface area contributed by atoms with Gasteiger partial charge in [0.15, 0.2) is 0 Å². The van der Waals surface area contributed by atoms with Crippen molar-refractivity contribution < 1.29 is 0 Å². The van der Waals surface area contributed by atoms with Crippen molar-refractivity contribution in [3.8, 4) is 0 Å². The predicted molar refractivity (Wildman–Crippen MR) is 108 cm³/mol. The third-order valence-corrected chi connectivity index (χ3v) is 4.42. The monoisotopic (exact) mass is 377 g/mol. The van der Waals surface area contributed by atoms with Gasteiger partial charge in [-0.3, -0.25) is 0 Å². The first-order valence-corrected chi connectivity index (χ1v) is 8.82. The molecule has 0 saturated heterocycles. The molecule has 3 aromatic rings. The molecule has 0 bridgehead atoms. The van der Waals surface area contributed by atoms with Crippen molar-refractivity contribution in [3.63, 3.8) is 0 Å². The molecule has 0 aliphatic carbocycles. The molecule has 0 aromatic heterocycles. The largest absolute Gasteiger partial charge is 0.381 e. The van der Waals surface area contributed by atoms with Gasteiger partial charge in [0.25, 0.3) is 0 Å². The Morgan fingerprint density at radius 1 is 0.875 bits per heavy atom. The molecule has 3 aromatic carbocycles. The highest BCUT2D eigenvalue weighted by Crippen LogP contribution is 2.22. The van der Waals surface area contributed by atoms with E-state index in [0.717, 1.165) is 16.7 Å². The van der Waals surface area contributed by atoms with Crippen LogP contribution in [0.5, 0.6) is 0 Å². The van der Waals surface area contributed by atoms with Gasteiger partial charge in [0.05, 0.1) is 0 Å². The van der Waals surface area contributed by atoms with Gasteiger partial charge in [-0.2, -0.15) is 0 Å². The SMILES string of the molecule is Cc1ccc(/C=C(/CNc2ccccc2)c2ccc(Br)cc2)cc1. The molecule has 0 atom stereocenters. The minimum absolute atomic E-state index is 0.777. The molecule has 0 aliphatic rings. The summed E-state index contributed by atoms with van der Waals surface area (Å²) in [5.74, 6) is 0. The van der Waals surface area contributed by atoms with Crippen LogP contribution in [0.1, 0.15) is 16.7 Å². The van der Waals surface area contributed by atoms with Crippen molar-refractivity contribution in [1.82, 2.24) is 0 Å². The molecule has 0 aliphatic heterocycles. The number of hydrogen-bond donors (Lipinski definition) is 1. The summed E-state index contributed by atoms with van der Waals surface area (Å²) in [6, 6.07) is 27.4. The number of hydrogen-bond acceptors (Lipinski definition) is 1. The quantitative estimate of drug-likeness (QED) is 0.506. The molecule has 24 heavy (non-hydrogen) atoms. The standard InChI is InChI=1S/C22H20BrN/c1-17-7-9-18(10-8-17)15-20(19-11-13-21(23)14-12-19)16-24-22-5-3-2-4-6-22/h2-15,24H,16H2,1H3/b20-15-. The Kier molecular flexibility index (Phi) is 5.50. The minimum atomic E-state index is 0.777. The van der Waals surface area contributed by atoms with Gasteiger partial charge < -0.3 is 5.32 Å². The summed E-state index contributed by atoms with van der Waals surface area (Å²) < 4.78 is 1.09. The van der Waals surface area contributed by atoms with Crippen molar-refractivity contribution in [1.29, 1.82) is 0 Å². The molecule has 1 nitrogen and oxygen atoms in total. The second-order valence-electron chi connectivity index (χ2n) is 5.81. The van der Waals surface area contributed by atoms with E-state index in [1.165, 1.54) is 22.3 Å². The average Bonchev–Trinajstić information content (AvgIpc) is 2.62. The van der Waals surface area contributed by atoms with Gasteiger partial charge in [0, 0.05) is 16.7 Å². The lowest BCUT2D eigenvalue weighted by atomic mass is 10.0. The van der Waals surface area contributed by atoms with E-state index in [2.05, 4.69) is 94.9 Å². The number of anilines is 1. The molecule has 0 amide bonds. The molecule has 0 unspecified atom stereocenters. The Bertz CT molecular complexity index is 803. The van der Waals surface area contributed by atoms with E-state index in [0.29, 0.717) is 0 Å². The molecule has 3 rings (SSSR count). The number of para-hydroxylation sites is 1. The van der Waals surface area contributed by atoms with Crippen LogP contribution in [0.15, 0.2) is 83.3 Å². The first-order chi connectivity index (χ1) is 11.7. The van der Waals surface area contributed by atoms with Gasteiger partial charge in [-0.1, -0.05) is 76.1 Å². The molecule has 0 saturated carbocycles. The molecule has 0 heterocycles. The van der Waals surface area contributed by atoms with E-state index in [9.17, 15) is 0 Å². The predicted octanol–water partition coefficient (Wildman–Crippen LogP) is 6.41. The highest BCUT2D eigenvalue weighted by molar-refractivity contribution is 9.10. The number of rotatable bonds is 5. The smallest absolute Gasteiger partial charge is 0.0406 e. The van der Waals surface area contributed by atoms with Crippen LogP contribution < -0.4 is 5.32 Å². The van der Waals surface area contributed by atoms with Crippen LogP contribution in [0.25, 0.3) is 11.6 Å². The van der Waals surface area contributed by atoms with Gasteiger partial charge in [0.2, 0.25) is 0 Å². The van der Waals surface area contributed by atoms with Crippen LogP contribution in [0.3, 0.4) is 0 Å². The Morgan fingerprint density at radius 2 is 1.54 bits per heavy atom. The highest BCUT2D eigenvalue weighted by Gasteiger charge is 2.03. The van der Waals surface area contributed by atoms with Gasteiger partial charge >= 0.3 is 0 Å². The molecule has 0 spiro atoms. The van der Waals surface area contributed by atoms with Crippen LogP contribution >= 0.6 is 15.9 Å². The van der Waals surface area contributed by atoms with Gasteiger partial charge in [-0.25, -0.2) is 0 Å². The van der Waals surface area contributed by atoms with Crippen molar-refractivity contribution >= 4 is 33.3 Å². The normalized spacial score (nSPS) is 11.3. The number of aryl methyl sites for hydroxylation is 1. The lowest BCUT2D eigenvalue weighted by molar-refractivity contribution is 1.34. The zero-order chi connectivity index (χ0) is 16.8. The summed E-state index contributed by atoms with van der Waals surface area (Å²) in [6.45, 7) is 2.89. The van der Waals surface area contributed by atoms with E-state index < -0.39 is 0 Å². The summed E-state index contributed by atoms with van der Waals surface area (Å²) in [4.78, 5) is 0. The molecule has 120 valence electrons. The zero-order valence-corrected chi connectivity index (χ0v) is 15.3. The topological polar surface area (TPSA) is 12.0 Å². The van der Waals surface area contributed by atoms with Crippen LogP contribution in [0.2, 0.25) is 0 Å². The van der Waals surface area contributed by atoms with E-state index in [4.69, 9.17) is 0 Å². The molecule has 0 radical (unpaired) electrons. The van der Waals surface area contributed by atoms with Crippen LogP contribution in [0, 0.1) is 6.92 Å². The van der Waals surface area contributed by atoms with E-state index in [1.54, 1.807) is 0 Å². The van der Waals surface area contributed by atoms with Gasteiger partial charge in [0.1, 0.15) is 0 Å². The Hall–Kier alpha value is -2.32. The van der Waals surface area contributed by atoms with E-state index >= 15 is 0 Å². The first kappa shape index (κ1) is 16.5. The van der Waals surface area contributed by atoms with Crippen LogP contribution in [-0.4, -0.2) is 6.54 Å². The van der Waals surface area contributed by atoms with Crippen LogP contribution in [0.4, 0.5) is 5.69 Å². The van der Waals surface area contributed by atoms with Crippen molar-refractivity contribution in [3.05, 3.63) is 100 Å². The summed E-state index contributed by atoms with van der Waals surface area (Å²) in [5.41, 5.74) is 6.11. The van der Waals surface area contributed by atoms with E-state index in [-0.39, 0.29) is 0 Å². The Labute approximate surface area is 152 Å². The first-order valence-electron chi connectivity index (χ1n) is 8.03. The maximum atomic E-state index is 3.51. The third kappa shape index (κ3) is 4.59. The van der Waals surface area contributed by atoms with Gasteiger partial charge in [-0.15, -0.1) is 0 Å². The summed E-state index contributed by atoms with van der Waals surface area (Å²) in [7, 11) is 0. The second kappa shape index (κ2) is 7.98. The minimum Gasteiger partial charge on any atom is -0.381 e. The number of halogens is 1. The maximum Gasteiger partial charge on any atom is 0.0406 e. The Morgan fingerprint density at radius 3 is 2.21 bits per heavy atom. The van der Waals surface area contributed by atoms with E-state index in [1.807, 2.05) is 18.2 Å². The summed E-state index contributed by atoms with van der Waals surface area (Å²) >= 11 is 3.51. The lowest BCUT2D eigenvalue weighted by Crippen LogP contribution is -2.04. The van der Waals surface area contributed by atoms with Crippen molar-refractivity contribution in [2.45, 2.75) is 6.92 Å². The Balaban J connectivity index is 1.88. The molecule has 1 N–H and O–H groups in total. The molecule has 0 fully saturated rings. The van der Waals surface area contributed by atoms with Gasteiger partial charge in [-0.05, 0) is 54.0 Å². The van der Waals surface area contributed by atoms with Crippen LogP contribution in [-0.2, 0) is 0 Å². The fourth-order valence-electron chi connectivity index (χ4n) is 2.52. The third-order valence-electron chi connectivity index (χ3n) is 3.89. The maximum absolute atomic E-state index is 3.51. The fourth-order valence-corrected chi connectivity index (χ4v) is 2.78.